The van der Waals surface area contributed by atoms with Crippen LogP contribution in [0.3, 0.4) is 0 Å². The van der Waals surface area contributed by atoms with Gasteiger partial charge in [0.2, 0.25) is 0 Å². The summed E-state index contributed by atoms with van der Waals surface area (Å²) < 4.78 is 0. The number of rotatable bonds is 3. The Labute approximate surface area is 133 Å². The van der Waals surface area contributed by atoms with Crippen LogP contribution in [0.4, 0.5) is 0 Å². The van der Waals surface area contributed by atoms with Crippen LogP contribution in [-0.4, -0.2) is 23.3 Å². The first kappa shape index (κ1) is 14.4. The summed E-state index contributed by atoms with van der Waals surface area (Å²) in [5.41, 5.74) is 1.37. The van der Waals surface area contributed by atoms with Gasteiger partial charge in [-0.3, -0.25) is 9.69 Å². The maximum atomic E-state index is 12.6. The van der Waals surface area contributed by atoms with Crippen molar-refractivity contribution in [3.8, 4) is 0 Å². The van der Waals surface area contributed by atoms with E-state index in [9.17, 15) is 4.79 Å². The predicted molar refractivity (Wildman–Crippen MR) is 88.6 cm³/mol. The summed E-state index contributed by atoms with van der Waals surface area (Å²) >= 11 is 0. The van der Waals surface area contributed by atoms with E-state index in [1.165, 1.54) is 44.2 Å². The Morgan fingerprint density at radius 1 is 0.955 bits per heavy atom. The van der Waals surface area contributed by atoms with Crippen LogP contribution in [0.1, 0.15) is 63.0 Å². The van der Waals surface area contributed by atoms with Gasteiger partial charge in [-0.15, -0.1) is 0 Å². The molecule has 4 atom stereocenters. The fourth-order valence-corrected chi connectivity index (χ4v) is 5.27. The number of nitrogens with zero attached hydrogens (tertiary/aromatic N) is 1. The molecule has 1 aromatic rings. The van der Waals surface area contributed by atoms with E-state index in [1.807, 2.05) is 0 Å². The van der Waals surface area contributed by atoms with Crippen LogP contribution in [0.15, 0.2) is 30.3 Å². The molecule has 1 heterocycles. The number of carbonyl (C=O) groups excluding carboxylic acids is 1. The molecule has 0 spiro atoms. The van der Waals surface area contributed by atoms with Gasteiger partial charge in [-0.2, -0.15) is 0 Å². The van der Waals surface area contributed by atoms with Crippen LogP contribution in [0.5, 0.6) is 0 Å². The average Bonchev–Trinajstić information content (AvgIpc) is 3.15. The minimum absolute atomic E-state index is 0.232. The lowest BCUT2D eigenvalue weighted by Gasteiger charge is -2.39. The van der Waals surface area contributed by atoms with Gasteiger partial charge in [-0.1, -0.05) is 43.2 Å². The molecule has 2 nitrogen and oxygen atoms in total. The smallest absolute Gasteiger partial charge is 0.137 e. The average molecular weight is 297 g/mol. The monoisotopic (exact) mass is 297 g/mol. The number of benzene rings is 1. The molecule has 22 heavy (non-hydrogen) atoms. The number of hydrogen-bond donors (Lipinski definition) is 0. The van der Waals surface area contributed by atoms with Gasteiger partial charge in [-0.25, -0.2) is 0 Å². The van der Waals surface area contributed by atoms with Crippen molar-refractivity contribution in [1.29, 1.82) is 0 Å². The second-order valence-corrected chi connectivity index (χ2v) is 7.46. The van der Waals surface area contributed by atoms with Gasteiger partial charge in [0.1, 0.15) is 5.78 Å². The van der Waals surface area contributed by atoms with Crippen molar-refractivity contribution in [2.45, 2.75) is 63.5 Å². The lowest BCUT2D eigenvalue weighted by molar-refractivity contribution is -0.127. The molecule has 0 amide bonds. The van der Waals surface area contributed by atoms with E-state index in [-0.39, 0.29) is 5.92 Å². The number of Topliss-reactive ketones (excluding diaryl/α,β-unsaturated/α-hetero) is 1. The largest absolute Gasteiger partial charge is 0.299 e. The van der Waals surface area contributed by atoms with Crippen molar-refractivity contribution >= 4 is 5.78 Å². The minimum atomic E-state index is 0.232. The Morgan fingerprint density at radius 3 is 2.64 bits per heavy atom. The summed E-state index contributed by atoms with van der Waals surface area (Å²) in [6.07, 6.45) is 9.68. The summed E-state index contributed by atoms with van der Waals surface area (Å²) in [4.78, 5) is 15.4. The molecule has 2 saturated carbocycles. The molecule has 4 rings (SSSR count). The van der Waals surface area contributed by atoms with Gasteiger partial charge < -0.3 is 0 Å². The normalized spacial score (nSPS) is 33.8. The molecule has 2 aliphatic carbocycles. The molecule has 0 aromatic heterocycles. The maximum absolute atomic E-state index is 12.6. The van der Waals surface area contributed by atoms with Gasteiger partial charge in [0.15, 0.2) is 0 Å². The van der Waals surface area contributed by atoms with Crippen molar-refractivity contribution in [3.05, 3.63) is 35.9 Å². The molecule has 118 valence electrons. The fourth-order valence-electron chi connectivity index (χ4n) is 5.27. The number of fused-ring (bicyclic) bond motifs is 1. The van der Waals surface area contributed by atoms with Crippen molar-refractivity contribution in [3.63, 3.8) is 0 Å². The minimum Gasteiger partial charge on any atom is -0.299 e. The van der Waals surface area contributed by atoms with Crippen molar-refractivity contribution in [2.24, 2.45) is 11.8 Å². The Bertz CT molecular complexity index is 526. The molecule has 1 saturated heterocycles. The van der Waals surface area contributed by atoms with Crippen molar-refractivity contribution in [2.75, 3.05) is 6.54 Å². The molecule has 0 unspecified atom stereocenters. The zero-order valence-electron chi connectivity index (χ0n) is 13.4. The van der Waals surface area contributed by atoms with E-state index < -0.39 is 0 Å². The molecule has 1 aliphatic heterocycles. The van der Waals surface area contributed by atoms with Gasteiger partial charge in [-0.05, 0) is 50.1 Å². The van der Waals surface area contributed by atoms with Crippen molar-refractivity contribution in [1.82, 2.24) is 4.90 Å². The summed E-state index contributed by atoms with van der Waals surface area (Å²) in [7, 11) is 0. The van der Waals surface area contributed by atoms with E-state index in [1.54, 1.807) is 0 Å². The zero-order chi connectivity index (χ0) is 14.9. The highest BCUT2D eigenvalue weighted by atomic mass is 16.1. The molecule has 0 N–H and O–H groups in total. The van der Waals surface area contributed by atoms with E-state index in [0.717, 1.165) is 31.2 Å². The van der Waals surface area contributed by atoms with Crippen LogP contribution < -0.4 is 0 Å². The van der Waals surface area contributed by atoms with E-state index >= 15 is 0 Å². The summed E-state index contributed by atoms with van der Waals surface area (Å²) in [6.45, 7) is 1.19. The third kappa shape index (κ3) is 2.52. The van der Waals surface area contributed by atoms with Gasteiger partial charge >= 0.3 is 0 Å². The first-order valence-corrected chi connectivity index (χ1v) is 9.18. The third-order valence-electron chi connectivity index (χ3n) is 6.28. The number of likely N-dealkylation sites (tertiary alicyclic amines) is 1. The van der Waals surface area contributed by atoms with Crippen LogP contribution in [0, 0.1) is 11.8 Å². The number of carbonyl (C=O) groups is 1. The van der Waals surface area contributed by atoms with Crippen molar-refractivity contribution < 1.29 is 4.79 Å². The first-order valence-electron chi connectivity index (χ1n) is 9.18. The van der Waals surface area contributed by atoms with Gasteiger partial charge in [0.05, 0.1) is 0 Å². The second-order valence-electron chi connectivity index (χ2n) is 7.46. The molecule has 3 aliphatic rings. The number of hydrogen-bond acceptors (Lipinski definition) is 2. The van der Waals surface area contributed by atoms with Gasteiger partial charge in [0.25, 0.3) is 0 Å². The van der Waals surface area contributed by atoms with Crippen LogP contribution in [0.2, 0.25) is 0 Å². The fraction of sp³-hybridized carbons (Fsp3) is 0.650. The molecular weight excluding hydrogens is 270 g/mol. The highest BCUT2D eigenvalue weighted by Crippen LogP contribution is 2.46. The van der Waals surface area contributed by atoms with Crippen LogP contribution in [0.25, 0.3) is 0 Å². The van der Waals surface area contributed by atoms with E-state index in [4.69, 9.17) is 0 Å². The standard InChI is InChI=1S/C20H27NO/c22-19-12-5-4-10-17(19)20(16-7-2-1-3-8-16)21-14-13-15-9-6-11-18(15)21/h1-3,7-8,15,17-18,20H,4-6,9-14H2/t15-,17+,18-,20-/m1/s1. The maximum Gasteiger partial charge on any atom is 0.137 e. The zero-order valence-corrected chi connectivity index (χ0v) is 13.4. The summed E-state index contributed by atoms with van der Waals surface area (Å²) in [5, 5.41) is 0. The molecule has 0 bridgehead atoms. The quantitative estimate of drug-likeness (QED) is 0.826. The Balaban J connectivity index is 1.67. The topological polar surface area (TPSA) is 20.3 Å². The predicted octanol–water partition coefficient (Wildman–Crippen LogP) is 4.36. The number of ketones is 1. The lowest BCUT2D eigenvalue weighted by atomic mass is 9.79. The molecule has 0 radical (unpaired) electrons. The molecular formula is C20H27NO. The summed E-state index contributed by atoms with van der Waals surface area (Å²) in [5.74, 6) is 1.64. The molecule has 1 aromatic carbocycles. The Kier molecular flexibility index (Phi) is 4.04. The summed E-state index contributed by atoms with van der Waals surface area (Å²) in [6, 6.07) is 11.9. The van der Waals surface area contributed by atoms with E-state index in [0.29, 0.717) is 11.8 Å². The SMILES string of the molecule is O=C1CCCC[C@@H]1[C@@H](c1ccccc1)N1CC[C@H]2CCC[C@H]21. The molecule has 2 heteroatoms. The second kappa shape index (κ2) is 6.16. The third-order valence-corrected chi connectivity index (χ3v) is 6.28. The van der Waals surface area contributed by atoms with Crippen LogP contribution >= 0.6 is 0 Å². The molecule has 3 fully saturated rings. The van der Waals surface area contributed by atoms with Gasteiger partial charge in [0, 0.05) is 24.4 Å². The lowest BCUT2D eigenvalue weighted by Crippen LogP contribution is -2.41. The first-order chi connectivity index (χ1) is 10.8. The highest BCUT2D eigenvalue weighted by molar-refractivity contribution is 5.82. The van der Waals surface area contributed by atoms with E-state index in [2.05, 4.69) is 35.2 Å². The Morgan fingerprint density at radius 2 is 1.82 bits per heavy atom. The van der Waals surface area contributed by atoms with Crippen LogP contribution in [-0.2, 0) is 4.79 Å². The Hall–Kier alpha value is -1.15. The highest BCUT2D eigenvalue weighted by Gasteiger charge is 2.44.